The summed E-state index contributed by atoms with van der Waals surface area (Å²) < 4.78 is 1.67. The van der Waals surface area contributed by atoms with Gasteiger partial charge in [0.05, 0.1) is 17.4 Å². The summed E-state index contributed by atoms with van der Waals surface area (Å²) in [7, 11) is 0. The van der Waals surface area contributed by atoms with Crippen molar-refractivity contribution in [2.24, 2.45) is 11.7 Å². The highest BCUT2D eigenvalue weighted by molar-refractivity contribution is 6.03. The topological polar surface area (TPSA) is 97.9 Å². The van der Waals surface area contributed by atoms with Gasteiger partial charge in [-0.25, -0.2) is 4.68 Å². The van der Waals surface area contributed by atoms with E-state index in [1.807, 2.05) is 73.9 Å². The third kappa shape index (κ3) is 5.48. The Hall–Kier alpha value is -3.81. The van der Waals surface area contributed by atoms with Crippen LogP contribution in [-0.2, 0) is 6.54 Å². The molecule has 1 aliphatic carbocycles. The second kappa shape index (κ2) is 10.2. The van der Waals surface area contributed by atoms with Crippen molar-refractivity contribution in [1.29, 1.82) is 0 Å². The van der Waals surface area contributed by atoms with Gasteiger partial charge in [-0.3, -0.25) is 9.78 Å². The first-order valence-corrected chi connectivity index (χ1v) is 12.0. The highest BCUT2D eigenvalue weighted by atomic mass is 16.2. The summed E-state index contributed by atoms with van der Waals surface area (Å²) in [5.41, 5.74) is 11.8. The van der Waals surface area contributed by atoms with Crippen molar-refractivity contribution in [3.05, 3.63) is 107 Å². The molecule has 1 amide bonds. The van der Waals surface area contributed by atoms with Crippen molar-refractivity contribution in [3.8, 4) is 5.69 Å². The van der Waals surface area contributed by atoms with Crippen molar-refractivity contribution in [2.45, 2.75) is 32.4 Å². The number of carbonyl (C=O) groups is 1. The molecule has 2 heterocycles. The normalized spacial score (nSPS) is 14.0. The van der Waals surface area contributed by atoms with Gasteiger partial charge in [0.1, 0.15) is 5.69 Å². The lowest BCUT2D eigenvalue weighted by Gasteiger charge is -2.20. The van der Waals surface area contributed by atoms with Gasteiger partial charge in [0.25, 0.3) is 5.91 Å². The Morgan fingerprint density at radius 2 is 1.86 bits per heavy atom. The SMILES string of the molecule is Cc1cc(C(=O)Nc2cccc(C(NCC3CC3)c3ccncc3)c2)n(-c2cccc(CN)c2)n1. The number of carbonyl (C=O) groups excluding carboxylic acids is 1. The Morgan fingerprint density at radius 1 is 1.06 bits per heavy atom. The Labute approximate surface area is 205 Å². The average Bonchev–Trinajstić information content (AvgIpc) is 3.63. The minimum Gasteiger partial charge on any atom is -0.326 e. The first kappa shape index (κ1) is 23.0. The number of aryl methyl sites for hydroxylation is 1. The van der Waals surface area contributed by atoms with Crippen LogP contribution in [-0.4, -0.2) is 27.2 Å². The smallest absolute Gasteiger partial charge is 0.274 e. The Bertz CT molecular complexity index is 1310. The zero-order valence-corrected chi connectivity index (χ0v) is 19.8. The molecule has 0 saturated heterocycles. The van der Waals surface area contributed by atoms with Crippen LogP contribution >= 0.6 is 0 Å². The molecule has 7 nitrogen and oxygen atoms in total. The molecular weight excluding hydrogens is 436 g/mol. The molecule has 178 valence electrons. The van der Waals surface area contributed by atoms with E-state index in [2.05, 4.69) is 26.8 Å². The number of benzene rings is 2. The maximum Gasteiger partial charge on any atom is 0.274 e. The molecule has 0 spiro atoms. The molecule has 35 heavy (non-hydrogen) atoms. The molecule has 1 fully saturated rings. The zero-order valence-electron chi connectivity index (χ0n) is 19.8. The molecule has 1 saturated carbocycles. The van der Waals surface area contributed by atoms with Crippen molar-refractivity contribution in [2.75, 3.05) is 11.9 Å². The van der Waals surface area contributed by atoms with Gasteiger partial charge in [-0.1, -0.05) is 24.3 Å². The van der Waals surface area contributed by atoms with Crippen LogP contribution in [0.5, 0.6) is 0 Å². The first-order chi connectivity index (χ1) is 17.1. The molecule has 2 aromatic carbocycles. The Morgan fingerprint density at radius 3 is 2.63 bits per heavy atom. The number of hydrogen-bond donors (Lipinski definition) is 3. The number of rotatable bonds is 9. The van der Waals surface area contributed by atoms with Gasteiger partial charge >= 0.3 is 0 Å². The summed E-state index contributed by atoms with van der Waals surface area (Å²) in [5.74, 6) is 0.538. The molecule has 0 aliphatic heterocycles. The van der Waals surface area contributed by atoms with Gasteiger partial charge in [0.15, 0.2) is 0 Å². The fourth-order valence-electron chi connectivity index (χ4n) is 4.25. The number of aromatic nitrogens is 3. The van der Waals surface area contributed by atoms with Gasteiger partial charge in [-0.2, -0.15) is 5.10 Å². The van der Waals surface area contributed by atoms with Crippen LogP contribution < -0.4 is 16.4 Å². The highest BCUT2D eigenvalue weighted by Gasteiger charge is 2.24. The standard InChI is InChI=1S/C28H30N6O/c1-19-14-26(34(33-19)25-7-2-4-21(15-25)17-29)28(35)32-24-6-3-5-23(16-24)27(31-18-20-8-9-20)22-10-12-30-13-11-22/h2-7,10-16,20,27,31H,8-9,17-18,29H2,1H3,(H,32,35). The number of anilines is 1. The number of nitrogens with zero attached hydrogens (tertiary/aromatic N) is 3. The number of nitrogens with one attached hydrogen (secondary N) is 2. The first-order valence-electron chi connectivity index (χ1n) is 12.0. The molecule has 0 bridgehead atoms. The van der Waals surface area contributed by atoms with E-state index >= 15 is 0 Å². The largest absolute Gasteiger partial charge is 0.326 e. The van der Waals surface area contributed by atoms with Gasteiger partial charge in [-0.05, 0) is 91.4 Å². The predicted molar refractivity (Wildman–Crippen MR) is 137 cm³/mol. The van der Waals surface area contributed by atoms with Crippen molar-refractivity contribution >= 4 is 11.6 Å². The van der Waals surface area contributed by atoms with Crippen LogP contribution in [0.3, 0.4) is 0 Å². The van der Waals surface area contributed by atoms with Crippen LogP contribution in [0.2, 0.25) is 0 Å². The molecule has 1 unspecified atom stereocenters. The monoisotopic (exact) mass is 466 g/mol. The predicted octanol–water partition coefficient (Wildman–Crippen LogP) is 4.38. The number of amides is 1. The fourth-order valence-corrected chi connectivity index (χ4v) is 4.25. The minimum atomic E-state index is -0.215. The highest BCUT2D eigenvalue weighted by Crippen LogP contribution is 2.30. The quantitative estimate of drug-likeness (QED) is 0.340. The van der Waals surface area contributed by atoms with E-state index in [9.17, 15) is 4.79 Å². The summed E-state index contributed by atoms with van der Waals surface area (Å²) in [6.45, 7) is 3.28. The Balaban J connectivity index is 1.40. The van der Waals surface area contributed by atoms with Crippen LogP contribution in [0.15, 0.2) is 79.1 Å². The Kier molecular flexibility index (Phi) is 6.70. The molecule has 7 heteroatoms. The second-order valence-electron chi connectivity index (χ2n) is 9.10. The van der Waals surface area contributed by atoms with Crippen molar-refractivity contribution < 1.29 is 4.79 Å². The second-order valence-corrected chi connectivity index (χ2v) is 9.10. The summed E-state index contributed by atoms with van der Waals surface area (Å²) in [4.78, 5) is 17.5. The molecule has 4 aromatic rings. The molecule has 4 N–H and O–H groups in total. The zero-order chi connectivity index (χ0) is 24.2. The van der Waals surface area contributed by atoms with Crippen LogP contribution in [0.1, 0.15) is 51.8 Å². The maximum atomic E-state index is 13.3. The molecule has 2 aromatic heterocycles. The molecule has 5 rings (SSSR count). The average molecular weight is 467 g/mol. The maximum absolute atomic E-state index is 13.3. The third-order valence-electron chi connectivity index (χ3n) is 6.28. The van der Waals surface area contributed by atoms with E-state index in [1.165, 1.54) is 12.8 Å². The van der Waals surface area contributed by atoms with Gasteiger partial charge in [0.2, 0.25) is 0 Å². The molecule has 0 radical (unpaired) electrons. The summed E-state index contributed by atoms with van der Waals surface area (Å²) >= 11 is 0. The molecule has 1 atom stereocenters. The van der Waals surface area contributed by atoms with E-state index < -0.39 is 0 Å². The van der Waals surface area contributed by atoms with E-state index in [1.54, 1.807) is 10.7 Å². The van der Waals surface area contributed by atoms with Crippen LogP contribution in [0, 0.1) is 12.8 Å². The van der Waals surface area contributed by atoms with Crippen LogP contribution in [0.4, 0.5) is 5.69 Å². The summed E-state index contributed by atoms with van der Waals surface area (Å²) in [5, 5.41) is 11.3. The van der Waals surface area contributed by atoms with Gasteiger partial charge in [-0.15, -0.1) is 0 Å². The van der Waals surface area contributed by atoms with Crippen LogP contribution in [0.25, 0.3) is 5.69 Å². The fraction of sp³-hybridized carbons (Fsp3) is 0.250. The number of hydrogen-bond acceptors (Lipinski definition) is 5. The minimum absolute atomic E-state index is 0.0298. The van der Waals surface area contributed by atoms with Gasteiger partial charge < -0.3 is 16.4 Å². The number of nitrogens with two attached hydrogens (primary N) is 1. The van der Waals surface area contributed by atoms with E-state index in [0.717, 1.165) is 46.2 Å². The lowest BCUT2D eigenvalue weighted by molar-refractivity contribution is 0.101. The van der Waals surface area contributed by atoms with E-state index in [4.69, 9.17) is 5.73 Å². The lowest BCUT2D eigenvalue weighted by Crippen LogP contribution is -2.25. The van der Waals surface area contributed by atoms with E-state index in [-0.39, 0.29) is 11.9 Å². The number of pyridine rings is 1. The summed E-state index contributed by atoms with van der Waals surface area (Å²) in [6.07, 6.45) is 6.20. The third-order valence-corrected chi connectivity index (χ3v) is 6.28. The summed E-state index contributed by atoms with van der Waals surface area (Å²) in [6, 6.07) is 21.7. The van der Waals surface area contributed by atoms with Crippen molar-refractivity contribution in [3.63, 3.8) is 0 Å². The van der Waals surface area contributed by atoms with Crippen molar-refractivity contribution in [1.82, 2.24) is 20.1 Å². The van der Waals surface area contributed by atoms with Gasteiger partial charge in [0, 0.05) is 24.6 Å². The lowest BCUT2D eigenvalue weighted by atomic mass is 9.99. The molecule has 1 aliphatic rings. The molecular formula is C28H30N6O. The van der Waals surface area contributed by atoms with E-state index in [0.29, 0.717) is 12.2 Å².